The average Bonchev–Trinajstić information content (AvgIpc) is 2.86. The van der Waals surface area contributed by atoms with Gasteiger partial charge < -0.3 is 29.7 Å². The van der Waals surface area contributed by atoms with Crippen molar-refractivity contribution in [2.24, 2.45) is 0 Å². The number of rotatable bonds is 6. The summed E-state index contributed by atoms with van der Waals surface area (Å²) >= 11 is 0. The molecular formula is C26H31N3O6. The second-order valence-corrected chi connectivity index (χ2v) is 8.77. The van der Waals surface area contributed by atoms with Crippen molar-refractivity contribution in [3.05, 3.63) is 48.0 Å². The fourth-order valence-corrected chi connectivity index (χ4v) is 4.47. The molecule has 3 amide bonds. The molecule has 0 aliphatic carbocycles. The zero-order chi connectivity index (χ0) is 24.9. The first-order valence-electron chi connectivity index (χ1n) is 11.8. The monoisotopic (exact) mass is 481 g/mol. The van der Waals surface area contributed by atoms with Gasteiger partial charge in [-0.05, 0) is 43.2 Å². The number of methoxy groups -OCH3 is 1. The molecule has 0 bridgehead atoms. The van der Waals surface area contributed by atoms with E-state index in [-0.39, 0.29) is 49.0 Å². The quantitative estimate of drug-likeness (QED) is 0.655. The first-order valence-corrected chi connectivity index (χ1v) is 11.8. The van der Waals surface area contributed by atoms with E-state index >= 15 is 0 Å². The molecule has 0 aromatic heterocycles. The maximum atomic E-state index is 13.3. The average molecular weight is 482 g/mol. The summed E-state index contributed by atoms with van der Waals surface area (Å²) in [6.45, 7) is 2.02. The van der Waals surface area contributed by atoms with E-state index in [0.29, 0.717) is 47.7 Å². The molecule has 3 atom stereocenters. The Morgan fingerprint density at radius 1 is 1.09 bits per heavy atom. The fourth-order valence-electron chi connectivity index (χ4n) is 4.47. The van der Waals surface area contributed by atoms with Gasteiger partial charge in [0.05, 0.1) is 31.2 Å². The van der Waals surface area contributed by atoms with E-state index in [0.717, 1.165) is 0 Å². The molecule has 2 aliphatic heterocycles. The van der Waals surface area contributed by atoms with Crippen molar-refractivity contribution in [2.75, 3.05) is 31.4 Å². The van der Waals surface area contributed by atoms with Crippen molar-refractivity contribution in [2.45, 2.75) is 50.9 Å². The lowest BCUT2D eigenvalue weighted by molar-refractivity contribution is -0.130. The molecule has 1 fully saturated rings. The lowest BCUT2D eigenvalue weighted by Crippen LogP contribution is -2.53. The van der Waals surface area contributed by atoms with Crippen LogP contribution in [0.15, 0.2) is 42.5 Å². The van der Waals surface area contributed by atoms with Crippen molar-refractivity contribution in [3.63, 3.8) is 0 Å². The van der Waals surface area contributed by atoms with Gasteiger partial charge in [0.2, 0.25) is 11.8 Å². The first kappa shape index (κ1) is 24.5. The van der Waals surface area contributed by atoms with Crippen molar-refractivity contribution >= 4 is 29.1 Å². The molecule has 2 aromatic carbocycles. The highest BCUT2D eigenvalue weighted by Crippen LogP contribution is 2.32. The Kier molecular flexibility index (Phi) is 7.55. The van der Waals surface area contributed by atoms with Gasteiger partial charge in [-0.2, -0.15) is 0 Å². The highest BCUT2D eigenvalue weighted by molar-refractivity contribution is 5.99. The molecule has 9 heteroatoms. The predicted molar refractivity (Wildman–Crippen MR) is 131 cm³/mol. The van der Waals surface area contributed by atoms with Crippen molar-refractivity contribution < 1.29 is 28.6 Å². The minimum absolute atomic E-state index is 0.125. The standard InChI is InChI=1S/C26H31N3O6/c1-4-24(30)27-17-8-11-22-20(13-17)26(32)29(2)21-10-9-19(35-23(21)15-34-22)14-25(31)28-16-6-5-7-18(12-16)33-3/h5-8,11-13,19,21,23H,4,9-10,14-15H2,1-3H3,(H,27,30)(H,28,31)/t19-,21+,23+/m1/s1. The summed E-state index contributed by atoms with van der Waals surface area (Å²) in [7, 11) is 3.33. The number of nitrogens with one attached hydrogen (secondary N) is 2. The van der Waals surface area contributed by atoms with Gasteiger partial charge >= 0.3 is 0 Å². The number of ether oxygens (including phenoxy) is 3. The Balaban J connectivity index is 1.42. The molecule has 0 saturated carbocycles. The van der Waals surface area contributed by atoms with Crippen LogP contribution in [0.5, 0.6) is 11.5 Å². The zero-order valence-electron chi connectivity index (χ0n) is 20.2. The third-order valence-corrected chi connectivity index (χ3v) is 6.38. The zero-order valence-corrected chi connectivity index (χ0v) is 20.2. The topological polar surface area (TPSA) is 106 Å². The van der Waals surface area contributed by atoms with Crippen LogP contribution in [0.2, 0.25) is 0 Å². The number of amides is 3. The Morgan fingerprint density at radius 2 is 1.86 bits per heavy atom. The number of nitrogens with zero attached hydrogens (tertiary/aromatic N) is 1. The number of hydrogen-bond acceptors (Lipinski definition) is 6. The van der Waals surface area contributed by atoms with Crippen LogP contribution in [0.25, 0.3) is 0 Å². The number of anilines is 2. The summed E-state index contributed by atoms with van der Waals surface area (Å²) in [6, 6.07) is 12.1. The van der Waals surface area contributed by atoms with Crippen LogP contribution in [0.3, 0.4) is 0 Å². The van der Waals surface area contributed by atoms with Gasteiger partial charge in [0, 0.05) is 30.9 Å². The van der Waals surface area contributed by atoms with Crippen LogP contribution >= 0.6 is 0 Å². The number of hydrogen-bond donors (Lipinski definition) is 2. The molecular weight excluding hydrogens is 450 g/mol. The SMILES string of the molecule is CCC(=O)Nc1ccc2c(c1)C(=O)N(C)[C@H]1CC[C@H](CC(=O)Nc3cccc(OC)c3)O[C@H]1CO2. The smallest absolute Gasteiger partial charge is 0.257 e. The minimum atomic E-state index is -0.361. The van der Waals surface area contributed by atoms with Gasteiger partial charge in [0.25, 0.3) is 5.91 Å². The summed E-state index contributed by atoms with van der Waals surface area (Å²) in [5.74, 6) is 0.639. The molecule has 9 nitrogen and oxygen atoms in total. The van der Waals surface area contributed by atoms with Crippen LogP contribution < -0.4 is 20.1 Å². The lowest BCUT2D eigenvalue weighted by atomic mass is 9.94. The van der Waals surface area contributed by atoms with Gasteiger partial charge in [-0.25, -0.2) is 0 Å². The van der Waals surface area contributed by atoms with Crippen LogP contribution in [-0.4, -0.2) is 61.6 Å². The molecule has 1 saturated heterocycles. The summed E-state index contributed by atoms with van der Waals surface area (Å²) in [5.41, 5.74) is 1.62. The molecule has 2 N–H and O–H groups in total. The third-order valence-electron chi connectivity index (χ3n) is 6.38. The molecule has 0 spiro atoms. The molecule has 2 aliphatic rings. The molecule has 2 heterocycles. The van der Waals surface area contributed by atoms with Crippen LogP contribution in [0.4, 0.5) is 11.4 Å². The molecule has 35 heavy (non-hydrogen) atoms. The highest BCUT2D eigenvalue weighted by atomic mass is 16.5. The van der Waals surface area contributed by atoms with Gasteiger partial charge in [-0.1, -0.05) is 13.0 Å². The predicted octanol–water partition coefficient (Wildman–Crippen LogP) is 3.45. The first-order chi connectivity index (χ1) is 16.9. The van der Waals surface area contributed by atoms with E-state index in [2.05, 4.69) is 10.6 Å². The van der Waals surface area contributed by atoms with Gasteiger partial charge in [-0.3, -0.25) is 14.4 Å². The largest absolute Gasteiger partial charge is 0.497 e. The second kappa shape index (κ2) is 10.8. The summed E-state index contributed by atoms with van der Waals surface area (Å²) in [4.78, 5) is 39.3. The number of carbonyl (C=O) groups is 3. The fraction of sp³-hybridized carbons (Fsp3) is 0.423. The van der Waals surface area contributed by atoms with Crippen molar-refractivity contribution in [3.8, 4) is 11.5 Å². The minimum Gasteiger partial charge on any atom is -0.497 e. The van der Waals surface area contributed by atoms with Gasteiger partial charge in [-0.15, -0.1) is 0 Å². The maximum absolute atomic E-state index is 13.3. The number of benzene rings is 2. The van der Waals surface area contributed by atoms with Crippen molar-refractivity contribution in [1.82, 2.24) is 4.90 Å². The normalized spacial score (nSPS) is 21.5. The lowest BCUT2D eigenvalue weighted by Gasteiger charge is -2.42. The van der Waals surface area contributed by atoms with Gasteiger partial charge in [0.1, 0.15) is 24.2 Å². The maximum Gasteiger partial charge on any atom is 0.257 e. The van der Waals surface area contributed by atoms with Crippen LogP contribution in [0.1, 0.15) is 43.0 Å². The van der Waals surface area contributed by atoms with Gasteiger partial charge in [0.15, 0.2) is 0 Å². The van der Waals surface area contributed by atoms with E-state index < -0.39 is 0 Å². The van der Waals surface area contributed by atoms with E-state index in [4.69, 9.17) is 14.2 Å². The number of likely N-dealkylation sites (N-methyl/N-ethyl adjacent to an activating group) is 1. The summed E-state index contributed by atoms with van der Waals surface area (Å²) in [6.07, 6.45) is 1.24. The molecule has 0 radical (unpaired) electrons. The molecule has 2 aromatic rings. The Hall–Kier alpha value is -3.59. The third kappa shape index (κ3) is 5.74. The molecule has 186 valence electrons. The highest BCUT2D eigenvalue weighted by Gasteiger charge is 2.39. The van der Waals surface area contributed by atoms with E-state index in [1.54, 1.807) is 56.3 Å². The Labute approximate surface area is 204 Å². The Morgan fingerprint density at radius 3 is 2.63 bits per heavy atom. The van der Waals surface area contributed by atoms with Crippen LogP contribution in [0, 0.1) is 0 Å². The molecule has 0 unspecified atom stereocenters. The van der Waals surface area contributed by atoms with Crippen molar-refractivity contribution in [1.29, 1.82) is 0 Å². The van der Waals surface area contributed by atoms with E-state index in [1.165, 1.54) is 0 Å². The summed E-state index contributed by atoms with van der Waals surface area (Å²) < 4.78 is 17.4. The molecule has 4 rings (SSSR count). The van der Waals surface area contributed by atoms with E-state index in [9.17, 15) is 14.4 Å². The second-order valence-electron chi connectivity index (χ2n) is 8.77. The number of carbonyl (C=O) groups excluding carboxylic acids is 3. The van der Waals surface area contributed by atoms with E-state index in [1.807, 2.05) is 12.1 Å². The number of fused-ring (bicyclic) bond motifs is 2. The Bertz CT molecular complexity index is 1100. The van der Waals surface area contributed by atoms with Crippen LogP contribution in [-0.2, 0) is 14.3 Å². The summed E-state index contributed by atoms with van der Waals surface area (Å²) in [5, 5.41) is 5.67.